The molecule has 158 valence electrons. The Morgan fingerprint density at radius 1 is 0.967 bits per heavy atom. The second-order valence-corrected chi connectivity index (χ2v) is 8.26. The van der Waals surface area contributed by atoms with Gasteiger partial charge < -0.3 is 4.74 Å². The Morgan fingerprint density at radius 3 is 2.30 bits per heavy atom. The molecule has 0 saturated carbocycles. The number of rotatable bonds is 7. The lowest BCUT2D eigenvalue weighted by Crippen LogP contribution is -2.41. The van der Waals surface area contributed by atoms with Crippen LogP contribution in [0.2, 0.25) is 0 Å². The number of benzene rings is 2. The van der Waals surface area contributed by atoms with Crippen LogP contribution >= 0.6 is 0 Å². The molecule has 2 saturated heterocycles. The standard InChI is InChI=1S/C24H28N2O4/c1-4-14-29-19-12-10-17(11-13-19)25-23(27)21-20(15-16(2)3)26(30-22(21)24(25)28)18-8-6-5-7-9-18/h5-13,16,20-22H,4,14-15H2,1-3H3/t20-,21-,22+/m1/s1. The summed E-state index contributed by atoms with van der Waals surface area (Å²) in [7, 11) is 0. The first-order chi connectivity index (χ1) is 14.5. The van der Waals surface area contributed by atoms with E-state index in [9.17, 15) is 9.59 Å². The molecule has 2 aliphatic heterocycles. The van der Waals surface area contributed by atoms with Crippen molar-refractivity contribution in [1.29, 1.82) is 0 Å². The van der Waals surface area contributed by atoms with Crippen LogP contribution in [-0.4, -0.2) is 30.6 Å². The zero-order chi connectivity index (χ0) is 21.3. The summed E-state index contributed by atoms with van der Waals surface area (Å²) in [6, 6.07) is 16.6. The molecule has 2 aromatic rings. The van der Waals surface area contributed by atoms with Gasteiger partial charge in [-0.05, 0) is 55.2 Å². The first-order valence-corrected chi connectivity index (χ1v) is 10.6. The molecule has 2 aromatic carbocycles. The van der Waals surface area contributed by atoms with Crippen molar-refractivity contribution in [3.8, 4) is 5.75 Å². The van der Waals surface area contributed by atoms with Gasteiger partial charge >= 0.3 is 0 Å². The van der Waals surface area contributed by atoms with Crippen molar-refractivity contribution in [1.82, 2.24) is 0 Å². The number of ether oxygens (including phenoxy) is 1. The van der Waals surface area contributed by atoms with Crippen LogP contribution in [0.4, 0.5) is 11.4 Å². The lowest BCUT2D eigenvalue weighted by Gasteiger charge is -2.29. The first-order valence-electron chi connectivity index (χ1n) is 10.6. The van der Waals surface area contributed by atoms with Crippen molar-refractivity contribution < 1.29 is 19.2 Å². The Hall–Kier alpha value is -2.86. The minimum atomic E-state index is -0.794. The largest absolute Gasteiger partial charge is 0.494 e. The summed E-state index contributed by atoms with van der Waals surface area (Å²) in [6.07, 6.45) is 0.880. The Balaban J connectivity index is 1.60. The van der Waals surface area contributed by atoms with Crippen LogP contribution in [0.3, 0.4) is 0 Å². The minimum absolute atomic E-state index is 0.189. The Bertz CT molecular complexity index is 897. The fraction of sp³-hybridized carbons (Fsp3) is 0.417. The second-order valence-electron chi connectivity index (χ2n) is 8.26. The van der Waals surface area contributed by atoms with E-state index in [1.54, 1.807) is 29.3 Å². The molecular weight excluding hydrogens is 380 g/mol. The number of carbonyl (C=O) groups excluding carboxylic acids is 2. The van der Waals surface area contributed by atoms with Crippen LogP contribution in [0, 0.1) is 11.8 Å². The number of hydroxylamine groups is 1. The van der Waals surface area contributed by atoms with Crippen LogP contribution in [0.25, 0.3) is 0 Å². The molecule has 4 rings (SSSR count). The van der Waals surface area contributed by atoms with E-state index in [0.29, 0.717) is 18.2 Å². The monoisotopic (exact) mass is 408 g/mol. The van der Waals surface area contributed by atoms with Crippen LogP contribution in [0.5, 0.6) is 5.75 Å². The summed E-state index contributed by atoms with van der Waals surface area (Å²) in [6.45, 7) is 6.90. The van der Waals surface area contributed by atoms with E-state index in [-0.39, 0.29) is 17.9 Å². The van der Waals surface area contributed by atoms with E-state index in [1.165, 1.54) is 4.90 Å². The number of imide groups is 1. The van der Waals surface area contributed by atoms with Gasteiger partial charge in [-0.2, -0.15) is 0 Å². The molecule has 3 atom stereocenters. The topological polar surface area (TPSA) is 59.1 Å². The maximum Gasteiger partial charge on any atom is 0.266 e. The lowest BCUT2D eigenvalue weighted by molar-refractivity contribution is -0.126. The van der Waals surface area contributed by atoms with Gasteiger partial charge in [-0.3, -0.25) is 14.4 Å². The van der Waals surface area contributed by atoms with Crippen LogP contribution in [-0.2, 0) is 14.4 Å². The lowest BCUT2D eigenvalue weighted by atomic mass is 9.90. The molecule has 2 heterocycles. The third-order valence-electron chi connectivity index (χ3n) is 5.53. The highest BCUT2D eigenvalue weighted by atomic mass is 16.7. The highest BCUT2D eigenvalue weighted by Crippen LogP contribution is 2.42. The van der Waals surface area contributed by atoms with Gasteiger partial charge in [-0.1, -0.05) is 39.0 Å². The quantitative estimate of drug-likeness (QED) is 0.643. The summed E-state index contributed by atoms with van der Waals surface area (Å²) in [4.78, 5) is 33.9. The fourth-order valence-electron chi connectivity index (χ4n) is 4.21. The normalized spacial score (nSPS) is 23.4. The molecule has 0 aromatic heterocycles. The molecule has 6 heteroatoms. The van der Waals surface area contributed by atoms with Crippen LogP contribution in [0.1, 0.15) is 33.6 Å². The van der Waals surface area contributed by atoms with Gasteiger partial charge in [0.25, 0.3) is 5.91 Å². The number of hydrogen-bond donors (Lipinski definition) is 0. The Labute approximate surface area is 177 Å². The smallest absolute Gasteiger partial charge is 0.266 e. The third-order valence-corrected chi connectivity index (χ3v) is 5.53. The van der Waals surface area contributed by atoms with Crippen molar-refractivity contribution in [2.24, 2.45) is 11.8 Å². The van der Waals surface area contributed by atoms with Crippen molar-refractivity contribution in [3.05, 3.63) is 54.6 Å². The van der Waals surface area contributed by atoms with E-state index >= 15 is 0 Å². The molecule has 6 nitrogen and oxygen atoms in total. The summed E-state index contributed by atoms with van der Waals surface area (Å²) in [5.74, 6) is 0.0615. The van der Waals surface area contributed by atoms with Gasteiger partial charge in [-0.25, -0.2) is 9.96 Å². The van der Waals surface area contributed by atoms with Crippen LogP contribution < -0.4 is 14.7 Å². The molecular formula is C24H28N2O4. The molecule has 0 bridgehead atoms. The molecule has 0 radical (unpaired) electrons. The minimum Gasteiger partial charge on any atom is -0.494 e. The third kappa shape index (κ3) is 3.67. The maximum atomic E-state index is 13.4. The van der Waals surface area contributed by atoms with Gasteiger partial charge in [0.15, 0.2) is 6.10 Å². The van der Waals surface area contributed by atoms with E-state index in [2.05, 4.69) is 13.8 Å². The Morgan fingerprint density at radius 2 is 1.67 bits per heavy atom. The number of anilines is 2. The summed E-state index contributed by atoms with van der Waals surface area (Å²) in [5.41, 5.74) is 1.42. The average Bonchev–Trinajstić information content (AvgIpc) is 3.23. The molecule has 0 unspecified atom stereocenters. The number of para-hydroxylation sites is 1. The Kier molecular flexibility index (Phi) is 5.77. The fourth-order valence-corrected chi connectivity index (χ4v) is 4.21. The molecule has 2 fully saturated rings. The van der Waals surface area contributed by atoms with Gasteiger partial charge in [0.05, 0.1) is 29.9 Å². The van der Waals surface area contributed by atoms with Gasteiger partial charge in [0.1, 0.15) is 5.75 Å². The summed E-state index contributed by atoms with van der Waals surface area (Å²) < 4.78 is 5.61. The predicted octanol–water partition coefficient (Wildman–Crippen LogP) is 4.20. The van der Waals surface area contributed by atoms with E-state index in [4.69, 9.17) is 9.57 Å². The number of fused-ring (bicyclic) bond motifs is 1. The van der Waals surface area contributed by atoms with Crippen molar-refractivity contribution in [2.75, 3.05) is 16.6 Å². The van der Waals surface area contributed by atoms with E-state index in [1.807, 2.05) is 37.3 Å². The van der Waals surface area contributed by atoms with Crippen molar-refractivity contribution in [2.45, 2.75) is 45.8 Å². The second kappa shape index (κ2) is 8.48. The summed E-state index contributed by atoms with van der Waals surface area (Å²) in [5, 5.41) is 1.77. The molecule has 30 heavy (non-hydrogen) atoms. The number of amides is 2. The van der Waals surface area contributed by atoms with Gasteiger partial charge in [-0.15, -0.1) is 0 Å². The zero-order valence-corrected chi connectivity index (χ0v) is 17.7. The SMILES string of the molecule is CCCOc1ccc(N2C(=O)[C@H]3[C@H](ON(c4ccccc4)[C@@H]3CC(C)C)C2=O)cc1. The highest BCUT2D eigenvalue weighted by Gasteiger charge is 2.59. The number of nitrogens with zero attached hydrogens (tertiary/aromatic N) is 2. The van der Waals surface area contributed by atoms with E-state index < -0.39 is 12.0 Å². The highest BCUT2D eigenvalue weighted by molar-refractivity contribution is 6.23. The molecule has 0 spiro atoms. The zero-order valence-electron chi connectivity index (χ0n) is 17.7. The number of hydrogen-bond acceptors (Lipinski definition) is 5. The average molecular weight is 408 g/mol. The molecule has 0 N–H and O–H groups in total. The van der Waals surface area contributed by atoms with Crippen molar-refractivity contribution >= 4 is 23.2 Å². The maximum absolute atomic E-state index is 13.4. The van der Waals surface area contributed by atoms with Gasteiger partial charge in [0.2, 0.25) is 5.91 Å². The molecule has 2 aliphatic rings. The molecule has 0 aliphatic carbocycles. The van der Waals surface area contributed by atoms with E-state index in [0.717, 1.165) is 24.3 Å². The predicted molar refractivity (Wildman–Crippen MR) is 115 cm³/mol. The summed E-state index contributed by atoms with van der Waals surface area (Å²) >= 11 is 0. The van der Waals surface area contributed by atoms with Crippen LogP contribution in [0.15, 0.2) is 54.6 Å². The first kappa shape index (κ1) is 20.4. The van der Waals surface area contributed by atoms with Crippen molar-refractivity contribution in [3.63, 3.8) is 0 Å². The number of carbonyl (C=O) groups is 2. The molecule has 2 amide bonds. The van der Waals surface area contributed by atoms with Gasteiger partial charge in [0, 0.05) is 0 Å².